The van der Waals surface area contributed by atoms with Crippen molar-refractivity contribution in [2.45, 2.75) is 39.5 Å². The molecule has 9 nitrogen and oxygen atoms in total. The number of aliphatic hydroxyl groups is 1. The molecular weight excluding hydrogens is 501 g/mol. The number of fused-ring (bicyclic) bond motifs is 2. The molecule has 3 N–H and O–H groups in total. The molecule has 0 aromatic heterocycles. The molecule has 0 saturated carbocycles. The van der Waals surface area contributed by atoms with Crippen molar-refractivity contribution in [3.8, 4) is 0 Å². The van der Waals surface area contributed by atoms with Gasteiger partial charge in [-0.05, 0) is 49.9 Å². The number of carbonyl (C=O) groups excluding carboxylic acids is 1. The van der Waals surface area contributed by atoms with Gasteiger partial charge >= 0.3 is 7.52 Å². The average molecular weight is 532 g/mol. The van der Waals surface area contributed by atoms with Crippen molar-refractivity contribution in [3.05, 3.63) is 59.2 Å². The number of aliphatic hydroxyl groups excluding tert-OH is 1. The minimum absolute atomic E-state index is 0.0462. The van der Waals surface area contributed by atoms with E-state index in [0.717, 1.165) is 11.8 Å². The highest BCUT2D eigenvalue weighted by Gasteiger charge is 2.47. The highest BCUT2D eigenvalue weighted by molar-refractivity contribution is 7.92. The van der Waals surface area contributed by atoms with Gasteiger partial charge in [0.25, 0.3) is 0 Å². The Labute approximate surface area is 211 Å². The van der Waals surface area contributed by atoms with Crippen LogP contribution in [0.1, 0.15) is 45.2 Å². The Bertz CT molecular complexity index is 1460. The Morgan fingerprint density at radius 3 is 2.56 bits per heavy atom. The fourth-order valence-electron chi connectivity index (χ4n) is 4.92. The second-order valence-corrected chi connectivity index (χ2v) is 13.4. The third-order valence-electron chi connectivity index (χ3n) is 6.19. The van der Waals surface area contributed by atoms with Crippen molar-refractivity contribution >= 4 is 51.6 Å². The molecule has 2 aromatic rings. The molecule has 36 heavy (non-hydrogen) atoms. The van der Waals surface area contributed by atoms with Gasteiger partial charge in [0, 0.05) is 11.3 Å². The minimum atomic E-state index is -3.93. The third-order valence-corrected chi connectivity index (χ3v) is 8.85. The largest absolute Gasteiger partial charge is 0.506 e. The summed E-state index contributed by atoms with van der Waals surface area (Å²) in [5.41, 5.74) is 0.797. The maximum absolute atomic E-state index is 14.0. The van der Waals surface area contributed by atoms with E-state index < -0.39 is 23.0 Å². The molecule has 192 valence electrons. The predicted octanol–water partition coefficient (Wildman–Crippen LogP) is 4.59. The van der Waals surface area contributed by atoms with E-state index in [-0.39, 0.29) is 46.5 Å². The molecule has 0 amide bonds. The Morgan fingerprint density at radius 2 is 1.92 bits per heavy atom. The van der Waals surface area contributed by atoms with Crippen LogP contribution in [0.15, 0.2) is 52.8 Å². The summed E-state index contributed by atoms with van der Waals surface area (Å²) in [6.45, 7) is 7.62. The van der Waals surface area contributed by atoms with E-state index >= 15 is 0 Å². The zero-order chi connectivity index (χ0) is 26.5. The van der Waals surface area contributed by atoms with E-state index in [1.165, 1.54) is 18.2 Å². The third kappa shape index (κ3) is 4.61. The van der Waals surface area contributed by atoms with E-state index in [9.17, 15) is 22.9 Å². The van der Waals surface area contributed by atoms with Crippen molar-refractivity contribution in [2.75, 3.05) is 22.9 Å². The van der Waals surface area contributed by atoms with Crippen molar-refractivity contribution in [1.82, 2.24) is 0 Å². The number of ketones is 1. The van der Waals surface area contributed by atoms with E-state index in [1.54, 1.807) is 19.1 Å². The molecule has 2 aliphatic rings. The van der Waals surface area contributed by atoms with Gasteiger partial charge in [-0.2, -0.15) is 4.76 Å². The van der Waals surface area contributed by atoms with E-state index in [2.05, 4.69) is 14.8 Å². The summed E-state index contributed by atoms with van der Waals surface area (Å²) in [6.07, 6.45) is 1.55. The lowest BCUT2D eigenvalue weighted by molar-refractivity contribution is -0.120. The molecule has 0 bridgehead atoms. The highest BCUT2D eigenvalue weighted by atomic mass is 32.2. The summed E-state index contributed by atoms with van der Waals surface area (Å²) in [5.74, 6) is -0.439. The molecule has 0 fully saturated rings. The van der Waals surface area contributed by atoms with Crippen molar-refractivity contribution < 1.29 is 27.4 Å². The topological polar surface area (TPSA) is 134 Å². The molecule has 0 radical (unpaired) electrons. The first kappa shape index (κ1) is 26.1. The molecule has 2 unspecified atom stereocenters. The molecule has 1 aliphatic carbocycles. The van der Waals surface area contributed by atoms with Gasteiger partial charge in [0.15, 0.2) is 5.78 Å². The zero-order valence-corrected chi connectivity index (χ0v) is 22.5. The molecule has 0 saturated heterocycles. The smallest absolute Gasteiger partial charge is 0.348 e. The standard InChI is InChI=1S/C25H30N3O6PS/c1-6-34-35(31)20-13-16(28-36(5,32)33)11-12-19(20)26-24(27-35)21-22(29)17-9-7-8-10-18(17)25(4,23(21)30)14-15(2)3/h7-13,15,28-29H,6,14H2,1-5H3,(H,26,27,31). The van der Waals surface area contributed by atoms with E-state index in [0.29, 0.717) is 17.7 Å². The summed E-state index contributed by atoms with van der Waals surface area (Å²) < 4.78 is 49.7. The van der Waals surface area contributed by atoms with Gasteiger partial charge in [-0.1, -0.05) is 38.1 Å². The SMILES string of the molecule is CCOP1(=O)N=C(C2=C(O)c3ccccc3C(C)(CC(C)C)C2=O)Nc2ccc(NS(C)(=O)=O)cc21. The lowest BCUT2D eigenvalue weighted by Gasteiger charge is -2.37. The Balaban J connectivity index is 1.90. The number of anilines is 2. The van der Waals surface area contributed by atoms with Gasteiger partial charge in [0.05, 0.1) is 29.3 Å². The summed E-state index contributed by atoms with van der Waals surface area (Å²) in [4.78, 5) is 14.0. The van der Waals surface area contributed by atoms with Crippen LogP contribution >= 0.6 is 7.52 Å². The van der Waals surface area contributed by atoms with Gasteiger partial charge < -0.3 is 14.9 Å². The van der Waals surface area contributed by atoms with Gasteiger partial charge in [-0.25, -0.2) is 8.42 Å². The number of benzene rings is 2. The molecule has 0 spiro atoms. The molecule has 1 aliphatic heterocycles. The second kappa shape index (κ2) is 9.18. The maximum Gasteiger partial charge on any atom is 0.348 e. The number of carbonyl (C=O) groups is 1. The highest BCUT2D eigenvalue weighted by Crippen LogP contribution is 2.53. The van der Waals surface area contributed by atoms with Crippen LogP contribution in [0.2, 0.25) is 0 Å². The molecule has 2 aromatic carbocycles. The van der Waals surface area contributed by atoms with Gasteiger partial charge in [0.1, 0.15) is 17.2 Å². The van der Waals surface area contributed by atoms with Crippen LogP contribution in [0.4, 0.5) is 11.4 Å². The Morgan fingerprint density at radius 1 is 1.22 bits per heavy atom. The van der Waals surface area contributed by atoms with Crippen molar-refractivity contribution in [3.63, 3.8) is 0 Å². The van der Waals surface area contributed by atoms with Crippen LogP contribution in [0, 0.1) is 5.92 Å². The lowest BCUT2D eigenvalue weighted by Crippen LogP contribution is -2.43. The minimum Gasteiger partial charge on any atom is -0.506 e. The molecule has 2 atom stereocenters. The number of nitrogens with zero attached hydrogens (tertiary/aromatic N) is 1. The molecule has 11 heteroatoms. The monoisotopic (exact) mass is 531 g/mol. The van der Waals surface area contributed by atoms with Gasteiger partial charge in [-0.3, -0.25) is 14.1 Å². The van der Waals surface area contributed by atoms with E-state index in [1.807, 2.05) is 32.9 Å². The van der Waals surface area contributed by atoms with E-state index in [4.69, 9.17) is 4.52 Å². The van der Waals surface area contributed by atoms with Crippen LogP contribution in [0.25, 0.3) is 5.76 Å². The number of nitrogens with one attached hydrogen (secondary N) is 2. The van der Waals surface area contributed by atoms with Gasteiger partial charge in [0.2, 0.25) is 10.0 Å². The number of hydrogen-bond acceptors (Lipinski definition) is 7. The van der Waals surface area contributed by atoms with Crippen LogP contribution in [-0.2, 0) is 29.3 Å². The Kier molecular flexibility index (Phi) is 6.66. The first-order chi connectivity index (χ1) is 16.8. The first-order valence-electron chi connectivity index (χ1n) is 11.6. The number of Topliss-reactive ketones (excluding diaryl/α,β-unsaturated/α-hetero) is 1. The van der Waals surface area contributed by atoms with Gasteiger partial charge in [-0.15, -0.1) is 0 Å². The van der Waals surface area contributed by atoms with Crippen LogP contribution < -0.4 is 15.3 Å². The number of sulfonamides is 1. The second-order valence-electron chi connectivity index (χ2n) is 9.65. The average Bonchev–Trinajstić information content (AvgIpc) is 2.77. The van der Waals surface area contributed by atoms with Crippen LogP contribution in [0.3, 0.4) is 0 Å². The summed E-state index contributed by atoms with van der Waals surface area (Å²) >= 11 is 0. The molecule has 1 heterocycles. The molecule has 4 rings (SSSR count). The lowest BCUT2D eigenvalue weighted by atomic mass is 9.66. The van der Waals surface area contributed by atoms with Crippen LogP contribution in [0.5, 0.6) is 0 Å². The fraction of sp³-hybridized carbons (Fsp3) is 0.360. The molecular formula is C25H30N3O6PS. The summed E-state index contributed by atoms with van der Waals surface area (Å²) in [5, 5.41) is 14.5. The summed E-state index contributed by atoms with van der Waals surface area (Å²) in [7, 11) is -7.50. The number of rotatable bonds is 7. The summed E-state index contributed by atoms with van der Waals surface area (Å²) in [6, 6.07) is 11.6. The number of hydrogen-bond donors (Lipinski definition) is 3. The van der Waals surface area contributed by atoms with Crippen molar-refractivity contribution in [1.29, 1.82) is 0 Å². The van der Waals surface area contributed by atoms with Crippen molar-refractivity contribution in [2.24, 2.45) is 10.7 Å². The Hall–Kier alpha value is -2.94. The number of amidine groups is 1. The predicted molar refractivity (Wildman–Crippen MR) is 143 cm³/mol. The van der Waals surface area contributed by atoms with Crippen LogP contribution in [-0.4, -0.2) is 38.0 Å². The quantitative estimate of drug-likeness (QED) is 0.445. The zero-order valence-electron chi connectivity index (χ0n) is 20.8. The maximum atomic E-state index is 14.0. The fourth-order valence-corrected chi connectivity index (χ4v) is 7.28. The first-order valence-corrected chi connectivity index (χ1v) is 15.1. The normalized spacial score (nSPS) is 23.6.